The van der Waals surface area contributed by atoms with Crippen LogP contribution in [0.3, 0.4) is 0 Å². The SMILES string of the molecule is CC1CCCN1C(=O)C1(C(N)=S)CCCC1. The molecule has 90 valence electrons. The van der Waals surface area contributed by atoms with E-state index in [9.17, 15) is 4.79 Å². The molecule has 0 radical (unpaired) electrons. The van der Waals surface area contributed by atoms with E-state index in [1.54, 1.807) is 0 Å². The molecule has 1 heterocycles. The van der Waals surface area contributed by atoms with Crippen molar-refractivity contribution in [2.45, 2.75) is 51.5 Å². The highest BCUT2D eigenvalue weighted by molar-refractivity contribution is 7.80. The third-order valence-electron chi connectivity index (χ3n) is 4.15. The smallest absolute Gasteiger partial charge is 0.235 e. The summed E-state index contributed by atoms with van der Waals surface area (Å²) in [5.41, 5.74) is 5.32. The van der Waals surface area contributed by atoms with Crippen LogP contribution in [0.2, 0.25) is 0 Å². The van der Waals surface area contributed by atoms with Crippen LogP contribution in [-0.2, 0) is 4.79 Å². The molecular weight excluding hydrogens is 220 g/mol. The molecule has 1 aliphatic heterocycles. The van der Waals surface area contributed by atoms with Gasteiger partial charge in [0.05, 0.1) is 10.4 Å². The number of rotatable bonds is 2. The van der Waals surface area contributed by atoms with Crippen molar-refractivity contribution in [1.82, 2.24) is 4.90 Å². The van der Waals surface area contributed by atoms with Crippen molar-refractivity contribution in [3.63, 3.8) is 0 Å². The zero-order valence-electron chi connectivity index (χ0n) is 9.87. The Hall–Kier alpha value is -0.640. The maximum absolute atomic E-state index is 12.6. The Morgan fingerprint density at radius 1 is 1.38 bits per heavy atom. The van der Waals surface area contributed by atoms with Crippen LogP contribution in [0, 0.1) is 5.41 Å². The van der Waals surface area contributed by atoms with Crippen LogP contribution in [0.25, 0.3) is 0 Å². The number of carbonyl (C=O) groups is 1. The predicted molar refractivity (Wildman–Crippen MR) is 68.1 cm³/mol. The fourth-order valence-electron chi connectivity index (χ4n) is 3.05. The molecule has 4 heteroatoms. The van der Waals surface area contributed by atoms with E-state index >= 15 is 0 Å². The van der Waals surface area contributed by atoms with Crippen LogP contribution in [0.4, 0.5) is 0 Å². The molecule has 0 bridgehead atoms. The highest BCUT2D eigenvalue weighted by Gasteiger charge is 2.47. The highest BCUT2D eigenvalue weighted by atomic mass is 32.1. The summed E-state index contributed by atoms with van der Waals surface area (Å²) in [6.45, 7) is 3.00. The Morgan fingerprint density at radius 2 is 2.00 bits per heavy atom. The van der Waals surface area contributed by atoms with Crippen molar-refractivity contribution in [2.24, 2.45) is 11.1 Å². The lowest BCUT2D eigenvalue weighted by molar-refractivity contribution is -0.138. The average molecular weight is 240 g/mol. The maximum Gasteiger partial charge on any atom is 0.235 e. The van der Waals surface area contributed by atoms with Gasteiger partial charge in [-0.05, 0) is 32.6 Å². The molecule has 3 nitrogen and oxygen atoms in total. The summed E-state index contributed by atoms with van der Waals surface area (Å²) < 4.78 is 0. The Morgan fingerprint density at radius 3 is 2.44 bits per heavy atom. The van der Waals surface area contributed by atoms with Gasteiger partial charge in [-0.15, -0.1) is 0 Å². The Balaban J connectivity index is 2.20. The maximum atomic E-state index is 12.6. The Labute approximate surface area is 102 Å². The summed E-state index contributed by atoms with van der Waals surface area (Å²) in [5, 5.41) is 0. The van der Waals surface area contributed by atoms with Gasteiger partial charge in [0, 0.05) is 12.6 Å². The Kier molecular flexibility index (Phi) is 3.19. The van der Waals surface area contributed by atoms with Crippen LogP contribution in [0.15, 0.2) is 0 Å². The normalized spacial score (nSPS) is 28.3. The van der Waals surface area contributed by atoms with Crippen molar-refractivity contribution in [1.29, 1.82) is 0 Å². The first-order valence-electron chi connectivity index (χ1n) is 6.19. The molecule has 1 aliphatic carbocycles. The molecule has 1 amide bonds. The van der Waals surface area contributed by atoms with Gasteiger partial charge < -0.3 is 10.6 Å². The molecule has 2 N–H and O–H groups in total. The molecule has 1 atom stereocenters. The number of hydrogen-bond acceptors (Lipinski definition) is 2. The molecule has 2 rings (SSSR count). The monoisotopic (exact) mass is 240 g/mol. The van der Waals surface area contributed by atoms with Gasteiger partial charge in [-0.25, -0.2) is 0 Å². The fourth-order valence-corrected chi connectivity index (χ4v) is 3.35. The van der Waals surface area contributed by atoms with E-state index in [1.807, 2.05) is 4.90 Å². The summed E-state index contributed by atoms with van der Waals surface area (Å²) >= 11 is 5.15. The molecule has 16 heavy (non-hydrogen) atoms. The predicted octanol–water partition coefficient (Wildman–Crippen LogP) is 1.84. The zero-order chi connectivity index (χ0) is 11.8. The molecule has 2 fully saturated rings. The number of amides is 1. The van der Waals surface area contributed by atoms with Crippen LogP contribution < -0.4 is 5.73 Å². The van der Waals surface area contributed by atoms with Gasteiger partial charge in [0.15, 0.2) is 0 Å². The summed E-state index contributed by atoms with van der Waals surface area (Å²) in [7, 11) is 0. The van der Waals surface area contributed by atoms with Gasteiger partial charge in [0.25, 0.3) is 0 Å². The van der Waals surface area contributed by atoms with Gasteiger partial charge in [0.2, 0.25) is 5.91 Å². The van der Waals surface area contributed by atoms with Crippen LogP contribution in [0.5, 0.6) is 0 Å². The second-order valence-electron chi connectivity index (χ2n) is 5.14. The van der Waals surface area contributed by atoms with Gasteiger partial charge in [-0.3, -0.25) is 4.79 Å². The minimum atomic E-state index is -0.506. The lowest BCUT2D eigenvalue weighted by Gasteiger charge is -2.33. The van der Waals surface area contributed by atoms with Gasteiger partial charge >= 0.3 is 0 Å². The van der Waals surface area contributed by atoms with Gasteiger partial charge in [0.1, 0.15) is 0 Å². The number of nitrogens with zero attached hydrogens (tertiary/aromatic N) is 1. The fraction of sp³-hybridized carbons (Fsp3) is 0.833. The van der Waals surface area contributed by atoms with Crippen LogP contribution in [0.1, 0.15) is 45.4 Å². The number of likely N-dealkylation sites (tertiary alicyclic amines) is 1. The number of hydrogen-bond donors (Lipinski definition) is 1. The third kappa shape index (κ3) is 1.73. The van der Waals surface area contributed by atoms with Crippen molar-refractivity contribution in [3.8, 4) is 0 Å². The molecule has 1 saturated carbocycles. The first kappa shape index (κ1) is 11.8. The molecule has 0 aromatic carbocycles. The topological polar surface area (TPSA) is 46.3 Å². The third-order valence-corrected chi connectivity index (χ3v) is 4.54. The quantitative estimate of drug-likeness (QED) is 0.749. The molecule has 2 aliphatic rings. The molecule has 1 unspecified atom stereocenters. The van der Waals surface area contributed by atoms with E-state index in [-0.39, 0.29) is 5.91 Å². The van der Waals surface area contributed by atoms with E-state index in [2.05, 4.69) is 6.92 Å². The molecule has 0 spiro atoms. The van der Waals surface area contributed by atoms with Gasteiger partial charge in [-0.2, -0.15) is 0 Å². The molecule has 1 saturated heterocycles. The van der Waals surface area contributed by atoms with Crippen molar-refractivity contribution in [3.05, 3.63) is 0 Å². The zero-order valence-corrected chi connectivity index (χ0v) is 10.7. The van der Waals surface area contributed by atoms with Crippen molar-refractivity contribution in [2.75, 3.05) is 6.54 Å². The van der Waals surface area contributed by atoms with E-state index < -0.39 is 5.41 Å². The largest absolute Gasteiger partial charge is 0.392 e. The van der Waals surface area contributed by atoms with E-state index in [1.165, 1.54) is 0 Å². The van der Waals surface area contributed by atoms with Crippen molar-refractivity contribution < 1.29 is 4.79 Å². The second kappa shape index (κ2) is 4.32. The van der Waals surface area contributed by atoms with Crippen LogP contribution >= 0.6 is 12.2 Å². The Bertz CT molecular complexity index is 310. The van der Waals surface area contributed by atoms with E-state index in [4.69, 9.17) is 18.0 Å². The summed E-state index contributed by atoms with van der Waals surface area (Å²) in [5.74, 6) is 0.197. The minimum absolute atomic E-state index is 0.197. The average Bonchev–Trinajstić information content (AvgIpc) is 2.85. The summed E-state index contributed by atoms with van der Waals surface area (Å²) in [6, 6.07) is 0.360. The number of nitrogens with two attached hydrogens (primary N) is 1. The minimum Gasteiger partial charge on any atom is -0.392 e. The number of thiocarbonyl (C=S) groups is 1. The lowest BCUT2D eigenvalue weighted by Crippen LogP contribution is -2.50. The van der Waals surface area contributed by atoms with Crippen LogP contribution in [-0.4, -0.2) is 28.4 Å². The molecule has 0 aromatic rings. The standard InChI is InChI=1S/C12H20N2OS/c1-9-5-4-8-14(9)11(15)12(10(13)16)6-2-3-7-12/h9H,2-8H2,1H3,(H2,13,16). The first-order valence-corrected chi connectivity index (χ1v) is 6.60. The second-order valence-corrected chi connectivity index (χ2v) is 5.58. The summed E-state index contributed by atoms with van der Waals surface area (Å²) in [4.78, 5) is 15.0. The molecule has 0 aromatic heterocycles. The highest BCUT2D eigenvalue weighted by Crippen LogP contribution is 2.41. The van der Waals surface area contributed by atoms with E-state index in [0.29, 0.717) is 11.0 Å². The van der Waals surface area contributed by atoms with Gasteiger partial charge in [-0.1, -0.05) is 25.1 Å². The number of carbonyl (C=O) groups excluding carboxylic acids is 1. The van der Waals surface area contributed by atoms with Crippen molar-refractivity contribution >= 4 is 23.1 Å². The molecular formula is C12H20N2OS. The van der Waals surface area contributed by atoms with E-state index in [0.717, 1.165) is 45.1 Å². The lowest BCUT2D eigenvalue weighted by atomic mass is 9.84. The first-order chi connectivity index (χ1) is 7.58. The summed E-state index contributed by atoms with van der Waals surface area (Å²) in [6.07, 6.45) is 6.07.